The van der Waals surface area contributed by atoms with Crippen molar-refractivity contribution in [3.63, 3.8) is 0 Å². The Morgan fingerprint density at radius 3 is 3.08 bits per heavy atom. The first-order valence-electron chi connectivity index (χ1n) is 7.62. The summed E-state index contributed by atoms with van der Waals surface area (Å²) in [6, 6.07) is 0. The van der Waals surface area contributed by atoms with Crippen molar-refractivity contribution in [2.75, 3.05) is 18.9 Å². The molecule has 0 spiro atoms. The topological polar surface area (TPSA) is 161 Å². The number of hydroxylamine groups is 1. The number of hydrogen-bond donors (Lipinski definition) is 5. The zero-order valence-corrected chi connectivity index (χ0v) is 13.0. The third-order valence-corrected chi connectivity index (χ3v) is 3.79. The highest BCUT2D eigenvalue weighted by atomic mass is 16.7. The fourth-order valence-electron chi connectivity index (χ4n) is 2.61. The highest BCUT2D eigenvalue weighted by molar-refractivity contribution is 5.70. The molecule has 1 aliphatic heterocycles. The molecule has 2 aromatic heterocycles. The quantitative estimate of drug-likeness (QED) is 0.303. The first-order valence-corrected chi connectivity index (χ1v) is 7.62. The van der Waals surface area contributed by atoms with Crippen molar-refractivity contribution in [2.24, 2.45) is 0 Å². The number of anilines is 1. The van der Waals surface area contributed by atoms with Gasteiger partial charge < -0.3 is 20.7 Å². The molecule has 1 fully saturated rings. The number of imidazole rings is 1. The van der Waals surface area contributed by atoms with Crippen LogP contribution in [0.25, 0.3) is 11.2 Å². The summed E-state index contributed by atoms with van der Waals surface area (Å²) >= 11 is 0. The first-order chi connectivity index (χ1) is 11.6. The summed E-state index contributed by atoms with van der Waals surface area (Å²) in [5, 5.41) is 19.7. The van der Waals surface area contributed by atoms with Crippen LogP contribution in [0.2, 0.25) is 0 Å². The van der Waals surface area contributed by atoms with Crippen LogP contribution in [0, 0.1) is 0 Å². The lowest BCUT2D eigenvalue weighted by molar-refractivity contribution is -0.108. The first kappa shape index (κ1) is 16.8. The number of aliphatic hydroxyl groups is 2. The van der Waals surface area contributed by atoms with Gasteiger partial charge in [-0.05, 0) is 6.42 Å². The molecular weight excluding hydrogens is 320 g/mol. The van der Waals surface area contributed by atoms with Gasteiger partial charge >= 0.3 is 0 Å². The highest BCUT2D eigenvalue weighted by Crippen LogP contribution is 2.32. The smallest absolute Gasteiger partial charge is 0.280 e. The Balaban J connectivity index is 1.97. The van der Waals surface area contributed by atoms with Crippen LogP contribution in [0.1, 0.15) is 19.6 Å². The Morgan fingerprint density at radius 1 is 1.58 bits per heavy atom. The Morgan fingerprint density at radius 2 is 2.38 bits per heavy atom. The third kappa shape index (κ3) is 2.87. The molecule has 6 N–H and O–H groups in total. The number of aromatic nitrogens is 4. The van der Waals surface area contributed by atoms with Crippen molar-refractivity contribution in [1.82, 2.24) is 25.0 Å². The Labute approximate surface area is 136 Å². The molecule has 132 valence electrons. The number of ether oxygens (including phenoxy) is 1. The summed E-state index contributed by atoms with van der Waals surface area (Å²) in [6.07, 6.45) is -1.37. The summed E-state index contributed by atoms with van der Waals surface area (Å²) in [7, 11) is 0. The van der Waals surface area contributed by atoms with Crippen molar-refractivity contribution in [3.8, 4) is 0 Å². The summed E-state index contributed by atoms with van der Waals surface area (Å²) in [5.41, 5.74) is 8.15. The molecule has 0 amide bonds. The van der Waals surface area contributed by atoms with Crippen LogP contribution < -0.4 is 16.8 Å². The Hall–Kier alpha value is -2.05. The van der Waals surface area contributed by atoms with Gasteiger partial charge in [-0.15, -0.1) is 0 Å². The van der Waals surface area contributed by atoms with Crippen LogP contribution in [0.5, 0.6) is 0 Å². The molecule has 24 heavy (non-hydrogen) atoms. The SMILES string of the molecule is CCCNO[C@@H]1[C@H](O)[C@@H](CO)O[C@H]1n1cnc2c(=O)[nH]c(N)nc21. The van der Waals surface area contributed by atoms with E-state index >= 15 is 0 Å². The van der Waals surface area contributed by atoms with Gasteiger partial charge in [0.05, 0.1) is 12.9 Å². The van der Waals surface area contributed by atoms with Gasteiger partial charge in [-0.3, -0.25) is 19.2 Å². The van der Waals surface area contributed by atoms with Crippen molar-refractivity contribution >= 4 is 17.1 Å². The number of nitrogens with one attached hydrogen (secondary N) is 2. The molecule has 2 aromatic rings. The molecule has 0 saturated carbocycles. The van der Waals surface area contributed by atoms with Crippen molar-refractivity contribution < 1.29 is 19.8 Å². The van der Waals surface area contributed by atoms with Gasteiger partial charge in [0.25, 0.3) is 5.56 Å². The lowest BCUT2D eigenvalue weighted by Crippen LogP contribution is -2.39. The average Bonchev–Trinajstić information content (AvgIpc) is 3.09. The van der Waals surface area contributed by atoms with Crippen LogP contribution in [0.4, 0.5) is 5.95 Å². The molecule has 0 aromatic carbocycles. The molecule has 3 heterocycles. The van der Waals surface area contributed by atoms with Crippen LogP contribution in [-0.4, -0.2) is 61.2 Å². The number of nitrogen functional groups attached to an aromatic ring is 1. The van der Waals surface area contributed by atoms with E-state index in [-0.39, 0.29) is 23.7 Å². The van der Waals surface area contributed by atoms with Crippen LogP contribution in [-0.2, 0) is 9.57 Å². The largest absolute Gasteiger partial charge is 0.394 e. The van der Waals surface area contributed by atoms with Crippen molar-refractivity contribution in [2.45, 2.75) is 37.9 Å². The fourth-order valence-corrected chi connectivity index (χ4v) is 2.61. The number of nitrogens with zero attached hydrogens (tertiary/aromatic N) is 3. The van der Waals surface area contributed by atoms with Gasteiger partial charge in [-0.2, -0.15) is 4.98 Å². The fraction of sp³-hybridized carbons (Fsp3) is 0.615. The lowest BCUT2D eigenvalue weighted by atomic mass is 10.1. The van der Waals surface area contributed by atoms with Gasteiger partial charge in [-0.1, -0.05) is 6.92 Å². The summed E-state index contributed by atoms with van der Waals surface area (Å²) < 4.78 is 7.12. The number of H-pyrrole nitrogens is 1. The van der Waals surface area contributed by atoms with Gasteiger partial charge in [-0.25, -0.2) is 10.5 Å². The van der Waals surface area contributed by atoms with Crippen molar-refractivity contribution in [3.05, 3.63) is 16.7 Å². The monoisotopic (exact) mass is 340 g/mol. The molecule has 0 radical (unpaired) electrons. The van der Waals surface area contributed by atoms with Gasteiger partial charge in [0.15, 0.2) is 23.5 Å². The molecule has 1 aliphatic rings. The van der Waals surface area contributed by atoms with E-state index in [0.29, 0.717) is 6.54 Å². The molecule has 11 nitrogen and oxygen atoms in total. The number of fused-ring (bicyclic) bond motifs is 1. The second-order valence-corrected chi connectivity index (χ2v) is 5.49. The van der Waals surface area contributed by atoms with Crippen LogP contribution in [0.3, 0.4) is 0 Å². The minimum absolute atomic E-state index is 0.0620. The van der Waals surface area contributed by atoms with Crippen LogP contribution in [0.15, 0.2) is 11.1 Å². The van der Waals surface area contributed by atoms with E-state index in [0.717, 1.165) is 6.42 Å². The predicted octanol–water partition coefficient (Wildman–Crippen LogP) is -1.75. The summed E-state index contributed by atoms with van der Waals surface area (Å²) in [5.74, 6) is -0.0620. The standard InChI is InChI=1S/C13H20N6O5/c1-2-3-16-24-9-8(21)6(4-20)23-12(9)19-5-15-7-10(19)17-13(14)18-11(7)22/h5-6,8-9,12,16,20-21H,2-4H2,1H3,(H3,14,17,18,22)/t6-,8-,9-,12-/m1/s1. The lowest BCUT2D eigenvalue weighted by Gasteiger charge is -2.21. The third-order valence-electron chi connectivity index (χ3n) is 3.79. The van der Waals surface area contributed by atoms with E-state index in [1.165, 1.54) is 10.9 Å². The molecule has 0 aliphatic carbocycles. The molecule has 0 bridgehead atoms. The molecule has 1 saturated heterocycles. The van der Waals surface area contributed by atoms with Crippen LogP contribution >= 0.6 is 0 Å². The van der Waals surface area contributed by atoms with E-state index in [4.69, 9.17) is 15.3 Å². The Bertz CT molecular complexity index is 761. The molecule has 3 rings (SSSR count). The van der Waals surface area contributed by atoms with E-state index in [2.05, 4.69) is 20.4 Å². The maximum Gasteiger partial charge on any atom is 0.280 e. The highest BCUT2D eigenvalue weighted by Gasteiger charge is 2.46. The summed E-state index contributed by atoms with van der Waals surface area (Å²) in [4.78, 5) is 27.8. The van der Waals surface area contributed by atoms with E-state index < -0.39 is 30.1 Å². The maximum atomic E-state index is 11.9. The average molecular weight is 340 g/mol. The number of rotatable bonds is 6. The molecule has 11 heteroatoms. The van der Waals surface area contributed by atoms with Gasteiger partial charge in [0.2, 0.25) is 5.95 Å². The van der Waals surface area contributed by atoms with Crippen molar-refractivity contribution in [1.29, 1.82) is 0 Å². The minimum atomic E-state index is -1.07. The normalized spacial score (nSPS) is 27.1. The molecule has 0 unspecified atom stereocenters. The van der Waals surface area contributed by atoms with E-state index in [9.17, 15) is 15.0 Å². The number of aromatic amines is 1. The minimum Gasteiger partial charge on any atom is -0.394 e. The second kappa shape index (κ2) is 6.83. The molecule has 4 atom stereocenters. The number of aliphatic hydroxyl groups excluding tert-OH is 2. The summed E-state index contributed by atoms with van der Waals surface area (Å²) in [6.45, 7) is 2.16. The second-order valence-electron chi connectivity index (χ2n) is 5.49. The predicted molar refractivity (Wildman–Crippen MR) is 82.7 cm³/mol. The Kier molecular flexibility index (Phi) is 4.78. The van der Waals surface area contributed by atoms with E-state index in [1.54, 1.807) is 0 Å². The van der Waals surface area contributed by atoms with Gasteiger partial charge in [0.1, 0.15) is 12.2 Å². The zero-order valence-electron chi connectivity index (χ0n) is 13.0. The maximum absolute atomic E-state index is 11.9. The number of nitrogens with two attached hydrogens (primary N) is 1. The zero-order chi connectivity index (χ0) is 17.3. The number of hydrogen-bond acceptors (Lipinski definition) is 9. The van der Waals surface area contributed by atoms with E-state index in [1.807, 2.05) is 6.92 Å². The van der Waals surface area contributed by atoms with Gasteiger partial charge in [0, 0.05) is 6.54 Å². The molecular formula is C13H20N6O5.